The van der Waals surface area contributed by atoms with Gasteiger partial charge in [-0.15, -0.1) is 0 Å². The van der Waals surface area contributed by atoms with Crippen molar-refractivity contribution in [2.45, 2.75) is 45.4 Å². The number of nitrogens with one attached hydrogen (secondary N) is 2. The first-order valence-corrected chi connectivity index (χ1v) is 8.22. The molecule has 4 heteroatoms. The molecule has 2 rings (SSSR count). The number of hydrogen-bond acceptors (Lipinski definition) is 2. The quantitative estimate of drug-likeness (QED) is 0.757. The lowest BCUT2D eigenvalue weighted by Crippen LogP contribution is -2.42. The highest BCUT2D eigenvalue weighted by atomic mass is 16.3. The van der Waals surface area contributed by atoms with Crippen molar-refractivity contribution in [3.63, 3.8) is 0 Å². The average molecular weight is 304 g/mol. The van der Waals surface area contributed by atoms with Crippen LogP contribution in [0.15, 0.2) is 24.3 Å². The maximum Gasteiger partial charge on any atom is 0.314 e. The van der Waals surface area contributed by atoms with Crippen molar-refractivity contribution >= 4 is 6.03 Å². The predicted molar refractivity (Wildman–Crippen MR) is 89.0 cm³/mol. The van der Waals surface area contributed by atoms with Gasteiger partial charge >= 0.3 is 6.03 Å². The van der Waals surface area contributed by atoms with Gasteiger partial charge in [0.15, 0.2) is 0 Å². The Labute approximate surface area is 133 Å². The minimum atomic E-state index is -0.117. The van der Waals surface area contributed by atoms with Crippen molar-refractivity contribution in [3.05, 3.63) is 35.4 Å². The molecule has 122 valence electrons. The lowest BCUT2D eigenvalue weighted by atomic mass is 9.83. The van der Waals surface area contributed by atoms with Gasteiger partial charge in [-0.2, -0.15) is 0 Å². The number of hydrogen-bond donors (Lipinski definition) is 3. The van der Waals surface area contributed by atoms with Crippen LogP contribution < -0.4 is 10.6 Å². The van der Waals surface area contributed by atoms with Crippen LogP contribution >= 0.6 is 0 Å². The van der Waals surface area contributed by atoms with Gasteiger partial charge in [-0.25, -0.2) is 4.79 Å². The molecule has 1 unspecified atom stereocenters. The molecule has 0 bridgehead atoms. The standard InChI is InChI=1S/C18H28N2O2/c1-18(2,10-11-21)13-20-17(22)19-12-15-8-5-7-14-6-3-4-9-16(14)15/h3-4,6,9,15,21H,5,7-8,10-13H2,1-2H3,(H2,19,20,22). The first kappa shape index (κ1) is 16.8. The van der Waals surface area contributed by atoms with Gasteiger partial charge in [0.2, 0.25) is 0 Å². The Morgan fingerprint density at radius 2 is 2.09 bits per heavy atom. The van der Waals surface area contributed by atoms with E-state index < -0.39 is 0 Å². The lowest BCUT2D eigenvalue weighted by molar-refractivity contribution is 0.201. The number of carbonyl (C=O) groups is 1. The fourth-order valence-corrected chi connectivity index (χ4v) is 3.06. The lowest BCUT2D eigenvalue weighted by Gasteiger charge is -2.27. The van der Waals surface area contributed by atoms with Gasteiger partial charge < -0.3 is 15.7 Å². The normalized spacial score (nSPS) is 17.7. The molecule has 0 aliphatic heterocycles. The molecule has 22 heavy (non-hydrogen) atoms. The van der Waals surface area contributed by atoms with Crippen LogP contribution in [0.25, 0.3) is 0 Å². The van der Waals surface area contributed by atoms with Gasteiger partial charge in [0.25, 0.3) is 0 Å². The van der Waals surface area contributed by atoms with Crippen LogP contribution in [0.1, 0.15) is 50.2 Å². The van der Waals surface area contributed by atoms with Crippen LogP contribution in [0.3, 0.4) is 0 Å². The minimum Gasteiger partial charge on any atom is -0.396 e. The maximum absolute atomic E-state index is 12.0. The summed E-state index contributed by atoms with van der Waals surface area (Å²) >= 11 is 0. The summed E-state index contributed by atoms with van der Waals surface area (Å²) in [7, 11) is 0. The molecule has 4 nitrogen and oxygen atoms in total. The molecule has 1 aliphatic carbocycles. The van der Waals surface area contributed by atoms with Gasteiger partial charge in [0.1, 0.15) is 0 Å². The summed E-state index contributed by atoms with van der Waals surface area (Å²) in [5, 5.41) is 14.9. The Kier molecular flexibility index (Phi) is 5.83. The van der Waals surface area contributed by atoms with Crippen molar-refractivity contribution in [2.75, 3.05) is 19.7 Å². The first-order valence-electron chi connectivity index (χ1n) is 8.22. The second kappa shape index (κ2) is 7.63. The molecular weight excluding hydrogens is 276 g/mol. The average Bonchev–Trinajstić information content (AvgIpc) is 2.51. The second-order valence-corrected chi connectivity index (χ2v) is 6.99. The third-order valence-electron chi connectivity index (χ3n) is 4.52. The van der Waals surface area contributed by atoms with E-state index in [4.69, 9.17) is 5.11 Å². The molecule has 3 N–H and O–H groups in total. The van der Waals surface area contributed by atoms with E-state index in [2.05, 4.69) is 34.9 Å². The van der Waals surface area contributed by atoms with Crippen LogP contribution in [-0.4, -0.2) is 30.8 Å². The summed E-state index contributed by atoms with van der Waals surface area (Å²) in [5.41, 5.74) is 2.73. The van der Waals surface area contributed by atoms with Crippen LogP contribution in [-0.2, 0) is 6.42 Å². The summed E-state index contributed by atoms with van der Waals surface area (Å²) in [6.07, 6.45) is 4.15. The number of aliphatic hydroxyl groups is 1. The zero-order valence-electron chi connectivity index (χ0n) is 13.7. The molecule has 0 spiro atoms. The van der Waals surface area contributed by atoms with Crippen molar-refractivity contribution < 1.29 is 9.90 Å². The van der Waals surface area contributed by atoms with Crippen LogP contribution in [0.4, 0.5) is 4.79 Å². The highest BCUT2D eigenvalue weighted by molar-refractivity contribution is 5.73. The zero-order chi connectivity index (χ0) is 16.0. The van der Waals surface area contributed by atoms with Crippen molar-refractivity contribution in [1.29, 1.82) is 0 Å². The van der Waals surface area contributed by atoms with E-state index in [-0.39, 0.29) is 18.1 Å². The molecule has 1 aromatic rings. The highest BCUT2D eigenvalue weighted by Gasteiger charge is 2.21. The van der Waals surface area contributed by atoms with Gasteiger partial charge in [-0.05, 0) is 42.2 Å². The van der Waals surface area contributed by atoms with E-state index >= 15 is 0 Å². The Hall–Kier alpha value is -1.55. The molecule has 2 amide bonds. The molecule has 0 aromatic heterocycles. The monoisotopic (exact) mass is 304 g/mol. The summed E-state index contributed by atoms with van der Waals surface area (Å²) in [6.45, 7) is 5.49. The number of fused-ring (bicyclic) bond motifs is 1. The summed E-state index contributed by atoms with van der Waals surface area (Å²) in [6, 6.07) is 8.43. The van der Waals surface area contributed by atoms with Gasteiger partial charge in [0, 0.05) is 25.6 Å². The van der Waals surface area contributed by atoms with Crippen molar-refractivity contribution in [2.24, 2.45) is 5.41 Å². The maximum atomic E-state index is 12.0. The van der Waals surface area contributed by atoms with E-state index in [0.717, 1.165) is 12.8 Å². The smallest absolute Gasteiger partial charge is 0.314 e. The van der Waals surface area contributed by atoms with Crippen LogP contribution in [0.2, 0.25) is 0 Å². The van der Waals surface area contributed by atoms with Gasteiger partial charge in [-0.3, -0.25) is 0 Å². The fraction of sp³-hybridized carbons (Fsp3) is 0.611. The first-order chi connectivity index (χ1) is 10.5. The Morgan fingerprint density at radius 1 is 1.32 bits per heavy atom. The number of aliphatic hydroxyl groups excluding tert-OH is 1. The van der Waals surface area contributed by atoms with E-state index in [1.165, 1.54) is 17.5 Å². The largest absolute Gasteiger partial charge is 0.396 e. The molecule has 0 saturated carbocycles. The van der Waals surface area contributed by atoms with E-state index in [9.17, 15) is 4.79 Å². The summed E-state index contributed by atoms with van der Waals surface area (Å²) in [4.78, 5) is 12.0. The molecule has 0 heterocycles. The number of amides is 2. The number of aryl methyl sites for hydroxylation is 1. The van der Waals surface area contributed by atoms with E-state index in [0.29, 0.717) is 25.4 Å². The highest BCUT2D eigenvalue weighted by Crippen LogP contribution is 2.30. The third kappa shape index (κ3) is 4.73. The Morgan fingerprint density at radius 3 is 2.86 bits per heavy atom. The van der Waals surface area contributed by atoms with Gasteiger partial charge in [-0.1, -0.05) is 38.1 Å². The number of benzene rings is 1. The minimum absolute atomic E-state index is 0.0798. The number of carbonyl (C=O) groups excluding carboxylic acids is 1. The zero-order valence-corrected chi connectivity index (χ0v) is 13.7. The molecule has 0 radical (unpaired) electrons. The number of urea groups is 1. The molecule has 1 atom stereocenters. The van der Waals surface area contributed by atoms with E-state index in [1.54, 1.807) is 0 Å². The van der Waals surface area contributed by atoms with Crippen LogP contribution in [0.5, 0.6) is 0 Å². The summed E-state index contributed by atoms with van der Waals surface area (Å²) < 4.78 is 0. The second-order valence-electron chi connectivity index (χ2n) is 6.99. The molecule has 0 fully saturated rings. The molecular formula is C18H28N2O2. The molecule has 1 aromatic carbocycles. The van der Waals surface area contributed by atoms with Crippen LogP contribution in [0, 0.1) is 5.41 Å². The fourth-order valence-electron chi connectivity index (χ4n) is 3.06. The SMILES string of the molecule is CC(C)(CCO)CNC(=O)NCC1CCCc2ccccc21. The molecule has 0 saturated heterocycles. The third-order valence-corrected chi connectivity index (χ3v) is 4.52. The van der Waals surface area contributed by atoms with Gasteiger partial charge in [0.05, 0.1) is 0 Å². The predicted octanol–water partition coefficient (Wildman–Crippen LogP) is 2.81. The Balaban J connectivity index is 1.80. The Bertz CT molecular complexity index is 500. The van der Waals surface area contributed by atoms with E-state index in [1.807, 2.05) is 13.8 Å². The summed E-state index contributed by atoms with van der Waals surface area (Å²) in [5.74, 6) is 0.418. The number of rotatable bonds is 6. The molecule has 1 aliphatic rings. The van der Waals surface area contributed by atoms with Crippen molar-refractivity contribution in [3.8, 4) is 0 Å². The topological polar surface area (TPSA) is 61.4 Å². The van der Waals surface area contributed by atoms with Crippen molar-refractivity contribution in [1.82, 2.24) is 10.6 Å².